The molecule has 24 heavy (non-hydrogen) atoms. The van der Waals surface area contributed by atoms with Crippen LogP contribution in [0.5, 0.6) is 5.75 Å². The first-order valence-electron chi connectivity index (χ1n) is 6.80. The summed E-state index contributed by atoms with van der Waals surface area (Å²) in [6, 6.07) is 10.9. The van der Waals surface area contributed by atoms with Crippen molar-refractivity contribution >= 4 is 41.2 Å². The van der Waals surface area contributed by atoms with Crippen molar-refractivity contribution in [2.45, 2.75) is 0 Å². The lowest BCUT2D eigenvalue weighted by molar-refractivity contribution is -0.120. The minimum Gasteiger partial charge on any atom is -0.507 e. The standard InChI is InChI=1S/C16H13Cl2N3O3/c17-12-6-5-10(7-13(12)18)16(24)19-9-15(23)21-20-8-11-3-1-2-4-14(11)22/h1-8,22H,9H2,(H,19,24)(H,21,23)/b20-8+. The van der Waals surface area contributed by atoms with Crippen molar-refractivity contribution in [3.8, 4) is 5.75 Å². The van der Waals surface area contributed by atoms with Crippen LogP contribution in [0.1, 0.15) is 15.9 Å². The fraction of sp³-hybridized carbons (Fsp3) is 0.0625. The summed E-state index contributed by atoms with van der Waals surface area (Å²) in [5.74, 6) is -0.938. The third-order valence-electron chi connectivity index (χ3n) is 2.92. The summed E-state index contributed by atoms with van der Waals surface area (Å²) in [4.78, 5) is 23.5. The first kappa shape index (κ1) is 17.8. The summed E-state index contributed by atoms with van der Waals surface area (Å²) in [5, 5.41) is 16.3. The number of benzene rings is 2. The molecule has 0 aliphatic carbocycles. The number of hydrogen-bond donors (Lipinski definition) is 3. The Bertz CT molecular complexity index is 794. The molecule has 0 aliphatic heterocycles. The Kier molecular flexibility index (Phi) is 6.17. The van der Waals surface area contributed by atoms with Gasteiger partial charge in [-0.3, -0.25) is 9.59 Å². The molecule has 2 aromatic carbocycles. The molecule has 0 aliphatic rings. The van der Waals surface area contributed by atoms with Crippen molar-refractivity contribution in [2.75, 3.05) is 6.54 Å². The van der Waals surface area contributed by atoms with E-state index in [4.69, 9.17) is 23.2 Å². The third kappa shape index (κ3) is 4.97. The summed E-state index contributed by atoms with van der Waals surface area (Å²) in [5.41, 5.74) is 2.99. The van der Waals surface area contributed by atoms with Crippen molar-refractivity contribution in [3.05, 3.63) is 63.6 Å². The van der Waals surface area contributed by atoms with Crippen LogP contribution < -0.4 is 10.7 Å². The Morgan fingerprint density at radius 1 is 1.12 bits per heavy atom. The SMILES string of the molecule is O=C(CNC(=O)c1ccc(Cl)c(Cl)c1)N/N=C/c1ccccc1O. The lowest BCUT2D eigenvalue weighted by Crippen LogP contribution is -2.34. The molecular formula is C16H13Cl2N3O3. The molecule has 0 atom stereocenters. The van der Waals surface area contributed by atoms with Crippen LogP contribution in [0.25, 0.3) is 0 Å². The largest absolute Gasteiger partial charge is 0.507 e. The highest BCUT2D eigenvalue weighted by atomic mass is 35.5. The highest BCUT2D eigenvalue weighted by Crippen LogP contribution is 2.22. The molecule has 2 aromatic rings. The Morgan fingerprint density at radius 2 is 1.88 bits per heavy atom. The lowest BCUT2D eigenvalue weighted by Gasteiger charge is -2.05. The molecule has 0 radical (unpaired) electrons. The summed E-state index contributed by atoms with van der Waals surface area (Å²) in [7, 11) is 0. The smallest absolute Gasteiger partial charge is 0.259 e. The van der Waals surface area contributed by atoms with Gasteiger partial charge in [0.1, 0.15) is 5.75 Å². The van der Waals surface area contributed by atoms with Gasteiger partial charge in [-0.25, -0.2) is 5.43 Å². The monoisotopic (exact) mass is 365 g/mol. The number of carbonyl (C=O) groups excluding carboxylic acids is 2. The summed E-state index contributed by atoms with van der Waals surface area (Å²) >= 11 is 11.6. The van der Waals surface area contributed by atoms with Crippen LogP contribution in [0.15, 0.2) is 47.6 Å². The molecule has 0 fully saturated rings. The fourth-order valence-electron chi connectivity index (χ4n) is 1.71. The van der Waals surface area contributed by atoms with Gasteiger partial charge in [-0.15, -0.1) is 0 Å². The number of phenolic OH excluding ortho intramolecular Hbond substituents is 1. The molecule has 0 aromatic heterocycles. The topological polar surface area (TPSA) is 90.8 Å². The van der Waals surface area contributed by atoms with E-state index < -0.39 is 11.8 Å². The van der Waals surface area contributed by atoms with Crippen LogP contribution in [-0.2, 0) is 4.79 Å². The number of hydrazone groups is 1. The van der Waals surface area contributed by atoms with Crippen LogP contribution in [0.4, 0.5) is 0 Å². The molecule has 6 nitrogen and oxygen atoms in total. The van der Waals surface area contributed by atoms with Gasteiger partial charge < -0.3 is 10.4 Å². The number of rotatable bonds is 5. The quantitative estimate of drug-likeness (QED) is 0.561. The Hall–Kier alpha value is -2.57. The van der Waals surface area contributed by atoms with E-state index in [9.17, 15) is 14.7 Å². The van der Waals surface area contributed by atoms with Gasteiger partial charge in [-0.05, 0) is 30.3 Å². The third-order valence-corrected chi connectivity index (χ3v) is 3.66. The molecule has 2 amide bonds. The predicted molar refractivity (Wildman–Crippen MR) is 92.6 cm³/mol. The average Bonchev–Trinajstić information content (AvgIpc) is 2.57. The second-order valence-corrected chi connectivity index (χ2v) is 5.48. The molecular weight excluding hydrogens is 353 g/mol. The zero-order chi connectivity index (χ0) is 17.5. The number of nitrogens with one attached hydrogen (secondary N) is 2. The zero-order valence-electron chi connectivity index (χ0n) is 12.3. The van der Waals surface area contributed by atoms with Crippen molar-refractivity contribution in [1.29, 1.82) is 0 Å². The Balaban J connectivity index is 1.83. The van der Waals surface area contributed by atoms with Gasteiger partial charge >= 0.3 is 0 Å². The van der Waals surface area contributed by atoms with E-state index in [2.05, 4.69) is 15.8 Å². The van der Waals surface area contributed by atoms with Crippen molar-refractivity contribution in [1.82, 2.24) is 10.7 Å². The molecule has 2 rings (SSSR count). The summed E-state index contributed by atoms with van der Waals surface area (Å²) < 4.78 is 0. The normalized spacial score (nSPS) is 10.6. The van der Waals surface area contributed by atoms with Gasteiger partial charge in [0, 0.05) is 11.1 Å². The highest BCUT2D eigenvalue weighted by Gasteiger charge is 2.09. The summed E-state index contributed by atoms with van der Waals surface area (Å²) in [6.45, 7) is -0.267. The molecule has 0 spiro atoms. The molecule has 0 saturated heterocycles. The number of phenols is 1. The maximum absolute atomic E-state index is 11.9. The van der Waals surface area contributed by atoms with E-state index in [1.807, 2.05) is 0 Å². The van der Waals surface area contributed by atoms with Crippen LogP contribution in [-0.4, -0.2) is 29.7 Å². The Morgan fingerprint density at radius 3 is 2.58 bits per heavy atom. The van der Waals surface area contributed by atoms with Crippen molar-refractivity contribution in [3.63, 3.8) is 0 Å². The first-order valence-corrected chi connectivity index (χ1v) is 7.56. The van der Waals surface area contributed by atoms with Crippen LogP contribution in [0.2, 0.25) is 10.0 Å². The molecule has 8 heteroatoms. The van der Waals surface area contributed by atoms with Gasteiger partial charge in [-0.2, -0.15) is 5.10 Å². The van der Waals surface area contributed by atoms with Gasteiger partial charge in [0.15, 0.2) is 0 Å². The average molecular weight is 366 g/mol. The Labute approximate surface area is 148 Å². The maximum Gasteiger partial charge on any atom is 0.259 e. The highest BCUT2D eigenvalue weighted by molar-refractivity contribution is 6.42. The number of halogens is 2. The van der Waals surface area contributed by atoms with Crippen LogP contribution in [0, 0.1) is 0 Å². The number of nitrogens with zero attached hydrogens (tertiary/aromatic N) is 1. The van der Waals surface area contributed by atoms with E-state index in [1.165, 1.54) is 30.5 Å². The molecule has 124 valence electrons. The van der Waals surface area contributed by atoms with Gasteiger partial charge in [0.05, 0.1) is 22.8 Å². The number of aromatic hydroxyl groups is 1. The van der Waals surface area contributed by atoms with E-state index in [1.54, 1.807) is 18.2 Å². The molecule has 0 heterocycles. The predicted octanol–water partition coefficient (Wildman–Crippen LogP) is 2.58. The number of amides is 2. The summed E-state index contributed by atoms with van der Waals surface area (Å²) in [6.07, 6.45) is 1.30. The van der Waals surface area contributed by atoms with E-state index >= 15 is 0 Å². The fourth-order valence-corrected chi connectivity index (χ4v) is 2.01. The lowest BCUT2D eigenvalue weighted by atomic mass is 10.2. The second kappa shape index (κ2) is 8.33. The van der Waals surface area contributed by atoms with Crippen molar-refractivity contribution < 1.29 is 14.7 Å². The molecule has 0 bridgehead atoms. The van der Waals surface area contributed by atoms with Gasteiger partial charge in [-0.1, -0.05) is 35.3 Å². The molecule has 0 saturated carbocycles. The van der Waals surface area contributed by atoms with E-state index in [-0.39, 0.29) is 22.9 Å². The van der Waals surface area contributed by atoms with E-state index in [0.717, 1.165) is 0 Å². The first-order chi connectivity index (χ1) is 11.5. The van der Waals surface area contributed by atoms with Gasteiger partial charge in [0.2, 0.25) is 0 Å². The molecule has 0 unspecified atom stereocenters. The number of carbonyl (C=O) groups is 2. The van der Waals surface area contributed by atoms with Crippen LogP contribution in [0.3, 0.4) is 0 Å². The number of hydrogen-bond acceptors (Lipinski definition) is 4. The van der Waals surface area contributed by atoms with E-state index in [0.29, 0.717) is 10.6 Å². The second-order valence-electron chi connectivity index (χ2n) is 4.66. The van der Waals surface area contributed by atoms with Crippen LogP contribution >= 0.6 is 23.2 Å². The minimum atomic E-state index is -0.518. The maximum atomic E-state index is 11.9. The van der Waals surface area contributed by atoms with Gasteiger partial charge in [0.25, 0.3) is 11.8 Å². The number of para-hydroxylation sites is 1. The molecule has 3 N–H and O–H groups in total. The minimum absolute atomic E-state index is 0.0448. The van der Waals surface area contributed by atoms with Crippen molar-refractivity contribution in [2.24, 2.45) is 5.10 Å². The zero-order valence-corrected chi connectivity index (χ0v) is 13.8.